The predicted octanol–water partition coefficient (Wildman–Crippen LogP) is 6.20. The van der Waals surface area contributed by atoms with Crippen molar-refractivity contribution >= 4 is 68.3 Å². The number of halogens is 1. The van der Waals surface area contributed by atoms with Crippen molar-refractivity contribution in [2.24, 2.45) is 0 Å². The van der Waals surface area contributed by atoms with Gasteiger partial charge in [0.1, 0.15) is 5.82 Å². The first-order chi connectivity index (χ1) is 15.4. The molecule has 0 spiro atoms. The van der Waals surface area contributed by atoms with Crippen LogP contribution in [0, 0.1) is 13.8 Å². The highest BCUT2D eigenvalue weighted by Gasteiger charge is 2.16. The van der Waals surface area contributed by atoms with E-state index in [4.69, 9.17) is 11.6 Å². The number of nitrogens with zero attached hydrogens (tertiary/aromatic N) is 4. The maximum absolute atomic E-state index is 12.5. The fraction of sp³-hybridized carbons (Fsp3) is 0.273. The van der Waals surface area contributed by atoms with Gasteiger partial charge < -0.3 is 9.88 Å². The van der Waals surface area contributed by atoms with Crippen molar-refractivity contribution in [1.82, 2.24) is 19.7 Å². The van der Waals surface area contributed by atoms with Gasteiger partial charge in [0.15, 0.2) is 9.50 Å². The number of thiazole rings is 1. The number of hydrogen-bond acceptors (Lipinski definition) is 7. The number of anilines is 1. The van der Waals surface area contributed by atoms with Crippen LogP contribution in [0.2, 0.25) is 5.02 Å². The highest BCUT2D eigenvalue weighted by molar-refractivity contribution is 8.00. The van der Waals surface area contributed by atoms with Crippen LogP contribution in [0.25, 0.3) is 10.2 Å². The molecule has 32 heavy (non-hydrogen) atoms. The number of thioether (sulfide) groups is 2. The fourth-order valence-corrected chi connectivity index (χ4v) is 6.47. The Hall–Kier alpha value is -2.07. The zero-order valence-corrected chi connectivity index (χ0v) is 21.1. The van der Waals surface area contributed by atoms with Crippen molar-refractivity contribution < 1.29 is 4.79 Å². The van der Waals surface area contributed by atoms with Gasteiger partial charge in [0.25, 0.3) is 0 Å². The fourth-order valence-electron chi connectivity index (χ4n) is 3.27. The number of aryl methyl sites for hydroxylation is 2. The molecular formula is C22H22ClN5OS3. The second-order valence-corrected chi connectivity index (χ2v) is 10.8. The first-order valence-electron chi connectivity index (χ1n) is 10.0. The number of aromatic nitrogens is 4. The molecule has 0 saturated heterocycles. The lowest BCUT2D eigenvalue weighted by Gasteiger charge is -2.11. The van der Waals surface area contributed by atoms with Crippen molar-refractivity contribution in [3.63, 3.8) is 0 Å². The Morgan fingerprint density at radius 2 is 2.00 bits per heavy atom. The van der Waals surface area contributed by atoms with E-state index in [1.807, 2.05) is 48.7 Å². The number of carbonyl (C=O) groups is 1. The molecule has 2 heterocycles. The van der Waals surface area contributed by atoms with Crippen LogP contribution < -0.4 is 5.32 Å². The van der Waals surface area contributed by atoms with Crippen LogP contribution in [0.4, 0.5) is 5.69 Å². The van der Waals surface area contributed by atoms with E-state index in [-0.39, 0.29) is 11.7 Å². The Kier molecular flexibility index (Phi) is 7.40. The molecule has 0 aliphatic carbocycles. The van der Waals surface area contributed by atoms with E-state index in [0.29, 0.717) is 16.5 Å². The minimum absolute atomic E-state index is 0.125. The van der Waals surface area contributed by atoms with Crippen molar-refractivity contribution in [2.45, 2.75) is 42.6 Å². The van der Waals surface area contributed by atoms with E-state index < -0.39 is 0 Å². The third-order valence-corrected chi connectivity index (χ3v) is 8.18. The SMILES string of the molecule is CCn1c(CSc2nc3ccccc3s2)nnc1SCC(=O)Nc1c(C)cc(C)cc1Cl. The van der Waals surface area contributed by atoms with Crippen LogP contribution in [0.5, 0.6) is 0 Å². The van der Waals surface area contributed by atoms with Crippen LogP contribution in [0.15, 0.2) is 45.9 Å². The summed E-state index contributed by atoms with van der Waals surface area (Å²) >= 11 is 11.0. The summed E-state index contributed by atoms with van der Waals surface area (Å²) in [6, 6.07) is 12.0. The average Bonchev–Trinajstić information content (AvgIpc) is 3.36. The summed E-state index contributed by atoms with van der Waals surface area (Å²) in [6.45, 7) is 6.69. The minimum Gasteiger partial charge on any atom is -0.324 e. The maximum atomic E-state index is 12.5. The molecule has 166 valence electrons. The largest absolute Gasteiger partial charge is 0.324 e. The number of fused-ring (bicyclic) bond motifs is 1. The molecule has 4 rings (SSSR count). The molecule has 0 bridgehead atoms. The van der Waals surface area contributed by atoms with Crippen LogP contribution in [-0.2, 0) is 17.1 Å². The lowest BCUT2D eigenvalue weighted by molar-refractivity contribution is -0.113. The van der Waals surface area contributed by atoms with Gasteiger partial charge in [0.05, 0.1) is 32.4 Å². The van der Waals surface area contributed by atoms with E-state index in [0.717, 1.165) is 38.5 Å². The molecule has 0 radical (unpaired) electrons. The first kappa shape index (κ1) is 23.1. The Bertz CT molecular complexity index is 1210. The lowest BCUT2D eigenvalue weighted by atomic mass is 10.1. The van der Waals surface area contributed by atoms with Crippen molar-refractivity contribution in [3.05, 3.63) is 58.4 Å². The Labute approximate surface area is 204 Å². The zero-order valence-electron chi connectivity index (χ0n) is 17.9. The topological polar surface area (TPSA) is 72.7 Å². The summed E-state index contributed by atoms with van der Waals surface area (Å²) in [5.74, 6) is 1.65. The number of amides is 1. The van der Waals surface area contributed by atoms with Crippen molar-refractivity contribution in [1.29, 1.82) is 0 Å². The Morgan fingerprint density at radius 1 is 1.19 bits per heavy atom. The first-order valence-corrected chi connectivity index (χ1v) is 13.2. The monoisotopic (exact) mass is 503 g/mol. The van der Waals surface area contributed by atoms with Gasteiger partial charge in [-0.25, -0.2) is 4.98 Å². The predicted molar refractivity (Wildman–Crippen MR) is 135 cm³/mol. The highest BCUT2D eigenvalue weighted by atomic mass is 35.5. The van der Waals surface area contributed by atoms with Crippen LogP contribution in [0.1, 0.15) is 23.9 Å². The molecule has 0 fully saturated rings. The van der Waals surface area contributed by atoms with Gasteiger partial charge in [0.2, 0.25) is 5.91 Å². The molecule has 0 atom stereocenters. The van der Waals surface area contributed by atoms with Gasteiger partial charge >= 0.3 is 0 Å². The van der Waals surface area contributed by atoms with Gasteiger partial charge in [-0.2, -0.15) is 0 Å². The zero-order chi connectivity index (χ0) is 22.7. The van der Waals surface area contributed by atoms with E-state index in [2.05, 4.69) is 33.5 Å². The van der Waals surface area contributed by atoms with Gasteiger partial charge in [-0.05, 0) is 50.1 Å². The molecule has 0 aliphatic rings. The smallest absolute Gasteiger partial charge is 0.234 e. The molecule has 6 nitrogen and oxygen atoms in total. The number of rotatable bonds is 8. The van der Waals surface area contributed by atoms with Gasteiger partial charge in [0, 0.05) is 6.54 Å². The average molecular weight is 504 g/mol. The molecule has 0 saturated carbocycles. The molecule has 0 aliphatic heterocycles. The third-order valence-electron chi connectivity index (χ3n) is 4.74. The lowest BCUT2D eigenvalue weighted by Crippen LogP contribution is -2.16. The molecule has 1 amide bonds. The van der Waals surface area contributed by atoms with Crippen LogP contribution in [-0.4, -0.2) is 31.4 Å². The normalized spacial score (nSPS) is 11.2. The van der Waals surface area contributed by atoms with Gasteiger partial charge in [-0.1, -0.05) is 53.3 Å². The third kappa shape index (κ3) is 5.28. The second-order valence-electron chi connectivity index (χ2n) is 7.15. The van der Waals surface area contributed by atoms with E-state index in [9.17, 15) is 4.79 Å². The molecule has 0 unspecified atom stereocenters. The van der Waals surface area contributed by atoms with Gasteiger partial charge in [-0.15, -0.1) is 21.5 Å². The number of hydrogen-bond donors (Lipinski definition) is 1. The number of nitrogens with one attached hydrogen (secondary N) is 1. The molecule has 1 N–H and O–H groups in total. The number of benzene rings is 2. The maximum Gasteiger partial charge on any atom is 0.234 e. The number of carbonyl (C=O) groups excluding carboxylic acids is 1. The standard InChI is InChI=1S/C22H22ClN5OS3/c1-4-28-18(11-31-22-24-16-7-5-6-8-17(16)32-22)26-27-21(28)30-12-19(29)25-20-14(3)9-13(2)10-15(20)23/h5-10H,4,11-12H2,1-3H3,(H,25,29). The molecular weight excluding hydrogens is 482 g/mol. The van der Waals surface area contributed by atoms with E-state index in [1.165, 1.54) is 16.5 Å². The second kappa shape index (κ2) is 10.2. The van der Waals surface area contributed by atoms with Crippen molar-refractivity contribution in [2.75, 3.05) is 11.1 Å². The summed E-state index contributed by atoms with van der Waals surface area (Å²) < 4.78 is 4.23. The highest BCUT2D eigenvalue weighted by Crippen LogP contribution is 2.32. The van der Waals surface area contributed by atoms with Crippen LogP contribution in [0.3, 0.4) is 0 Å². The molecule has 4 aromatic rings. The molecule has 2 aromatic heterocycles. The molecule has 2 aromatic carbocycles. The summed E-state index contributed by atoms with van der Waals surface area (Å²) in [5.41, 5.74) is 3.68. The number of para-hydroxylation sites is 1. The van der Waals surface area contributed by atoms with Crippen molar-refractivity contribution in [3.8, 4) is 0 Å². The summed E-state index contributed by atoms with van der Waals surface area (Å²) in [4.78, 5) is 17.2. The summed E-state index contributed by atoms with van der Waals surface area (Å²) in [7, 11) is 0. The van der Waals surface area contributed by atoms with Gasteiger partial charge in [-0.3, -0.25) is 4.79 Å². The minimum atomic E-state index is -0.125. The van der Waals surface area contributed by atoms with E-state index >= 15 is 0 Å². The quantitative estimate of drug-likeness (QED) is 0.288. The summed E-state index contributed by atoms with van der Waals surface area (Å²) in [6.07, 6.45) is 0. The van der Waals surface area contributed by atoms with E-state index in [1.54, 1.807) is 23.1 Å². The Morgan fingerprint density at radius 3 is 2.75 bits per heavy atom. The molecule has 10 heteroatoms. The van der Waals surface area contributed by atoms with Crippen LogP contribution >= 0.6 is 46.5 Å². The summed E-state index contributed by atoms with van der Waals surface area (Å²) in [5, 5.41) is 12.9. The Balaban J connectivity index is 1.38.